The number of hydrogen-bond donors (Lipinski definition) is 1. The van der Waals surface area contributed by atoms with Crippen molar-refractivity contribution >= 4 is 11.3 Å². The van der Waals surface area contributed by atoms with E-state index in [1.165, 1.54) is 6.20 Å². The highest BCUT2D eigenvalue weighted by Gasteiger charge is 2.34. The van der Waals surface area contributed by atoms with Gasteiger partial charge in [0, 0.05) is 30.2 Å². The molecular weight excluding hydrogens is 251 g/mol. The Balaban J connectivity index is 1.97. The molecule has 0 aliphatic carbocycles. The maximum absolute atomic E-state index is 12.4. The lowest BCUT2D eigenvalue weighted by Gasteiger charge is -2.29. The molecule has 7 heteroatoms. The molecule has 1 aromatic rings. The molecule has 1 aliphatic rings. The van der Waals surface area contributed by atoms with Gasteiger partial charge in [-0.1, -0.05) is 0 Å². The van der Waals surface area contributed by atoms with E-state index >= 15 is 0 Å². The van der Waals surface area contributed by atoms with Gasteiger partial charge in [-0.05, 0) is 19.4 Å². The van der Waals surface area contributed by atoms with Crippen molar-refractivity contribution in [2.75, 3.05) is 13.1 Å². The summed E-state index contributed by atoms with van der Waals surface area (Å²) < 4.78 is 37.1. The lowest BCUT2D eigenvalue weighted by Crippen LogP contribution is -2.42. The zero-order valence-electron chi connectivity index (χ0n) is 9.20. The van der Waals surface area contributed by atoms with E-state index in [0.717, 1.165) is 25.9 Å². The van der Waals surface area contributed by atoms with Crippen LogP contribution in [0, 0.1) is 0 Å². The Morgan fingerprint density at radius 1 is 1.53 bits per heavy atom. The molecule has 17 heavy (non-hydrogen) atoms. The highest BCUT2D eigenvalue weighted by Crippen LogP contribution is 2.32. The molecule has 1 atom stereocenters. The van der Waals surface area contributed by atoms with Gasteiger partial charge in [0.25, 0.3) is 0 Å². The van der Waals surface area contributed by atoms with Gasteiger partial charge in [-0.25, -0.2) is 4.98 Å². The number of hydrogen-bond acceptors (Lipinski definition) is 4. The summed E-state index contributed by atoms with van der Waals surface area (Å²) in [6, 6.07) is 0.138. The average molecular weight is 265 g/mol. The Bertz CT molecular complexity index is 377. The first kappa shape index (κ1) is 12.8. The third kappa shape index (κ3) is 3.40. The van der Waals surface area contributed by atoms with Crippen LogP contribution >= 0.6 is 11.3 Å². The molecule has 0 unspecified atom stereocenters. The number of halogens is 3. The molecule has 1 aromatic heterocycles. The zero-order chi connectivity index (χ0) is 12.5. The molecule has 0 bridgehead atoms. The van der Waals surface area contributed by atoms with E-state index in [1.54, 1.807) is 0 Å². The summed E-state index contributed by atoms with van der Waals surface area (Å²) in [7, 11) is 0. The maximum Gasteiger partial charge on any atom is 0.443 e. The fourth-order valence-corrected chi connectivity index (χ4v) is 2.79. The number of likely N-dealkylation sites (tertiary alicyclic amines) is 1. The van der Waals surface area contributed by atoms with E-state index < -0.39 is 11.2 Å². The standard InChI is InChI=1S/C10H14F3N3S/c11-10(12,13)9-15-4-8(17-9)6-16-3-1-2-7(14)5-16/h4,7H,1-3,5-6,14H2/t7-/m1/s1. The van der Waals surface area contributed by atoms with E-state index in [1.807, 2.05) is 0 Å². The van der Waals surface area contributed by atoms with Crippen molar-refractivity contribution in [3.8, 4) is 0 Å². The minimum absolute atomic E-state index is 0.138. The van der Waals surface area contributed by atoms with Crippen LogP contribution in [0.4, 0.5) is 13.2 Å². The summed E-state index contributed by atoms with van der Waals surface area (Å²) in [5.74, 6) is 0. The molecule has 2 rings (SSSR count). The first-order valence-corrected chi connectivity index (χ1v) is 6.26. The van der Waals surface area contributed by atoms with Crippen molar-refractivity contribution in [2.45, 2.75) is 31.6 Å². The van der Waals surface area contributed by atoms with Crippen LogP contribution in [0.5, 0.6) is 0 Å². The largest absolute Gasteiger partial charge is 0.443 e. The molecule has 1 aliphatic heterocycles. The molecule has 2 N–H and O–H groups in total. The predicted octanol–water partition coefficient (Wildman–Crippen LogP) is 2.08. The van der Waals surface area contributed by atoms with Gasteiger partial charge in [0.1, 0.15) is 0 Å². The van der Waals surface area contributed by atoms with Crippen molar-refractivity contribution in [1.29, 1.82) is 0 Å². The van der Waals surface area contributed by atoms with Crippen LogP contribution in [0.15, 0.2) is 6.20 Å². The molecule has 0 amide bonds. The Labute approximate surface area is 101 Å². The van der Waals surface area contributed by atoms with Crippen molar-refractivity contribution in [2.24, 2.45) is 5.73 Å². The van der Waals surface area contributed by atoms with Gasteiger partial charge in [-0.3, -0.25) is 4.90 Å². The zero-order valence-corrected chi connectivity index (χ0v) is 10.0. The fraction of sp³-hybridized carbons (Fsp3) is 0.700. The maximum atomic E-state index is 12.4. The molecule has 0 aromatic carbocycles. The van der Waals surface area contributed by atoms with Crippen LogP contribution in [0.3, 0.4) is 0 Å². The molecule has 0 saturated carbocycles. The van der Waals surface area contributed by atoms with E-state index in [4.69, 9.17) is 5.73 Å². The number of piperidine rings is 1. The number of aromatic nitrogens is 1. The van der Waals surface area contributed by atoms with E-state index in [-0.39, 0.29) is 6.04 Å². The third-order valence-corrected chi connectivity index (χ3v) is 3.74. The van der Waals surface area contributed by atoms with Gasteiger partial charge in [0.05, 0.1) is 0 Å². The van der Waals surface area contributed by atoms with Crippen LogP contribution in [-0.4, -0.2) is 29.0 Å². The lowest BCUT2D eigenvalue weighted by atomic mass is 10.1. The summed E-state index contributed by atoms with van der Waals surface area (Å²) in [5, 5.41) is -0.770. The van der Waals surface area contributed by atoms with Gasteiger partial charge in [-0.2, -0.15) is 13.2 Å². The molecule has 2 heterocycles. The van der Waals surface area contributed by atoms with Crippen LogP contribution < -0.4 is 5.73 Å². The number of nitrogens with zero attached hydrogens (tertiary/aromatic N) is 2. The number of nitrogens with two attached hydrogens (primary N) is 1. The average Bonchev–Trinajstić information content (AvgIpc) is 2.65. The quantitative estimate of drug-likeness (QED) is 0.890. The number of thiazole rings is 1. The second kappa shape index (κ2) is 4.91. The highest BCUT2D eigenvalue weighted by molar-refractivity contribution is 7.11. The Hall–Kier alpha value is -0.660. The van der Waals surface area contributed by atoms with E-state index in [0.29, 0.717) is 22.8 Å². The monoisotopic (exact) mass is 265 g/mol. The number of alkyl halides is 3. The van der Waals surface area contributed by atoms with Gasteiger partial charge < -0.3 is 5.73 Å². The van der Waals surface area contributed by atoms with Crippen LogP contribution in [-0.2, 0) is 12.7 Å². The van der Waals surface area contributed by atoms with Crippen molar-refractivity contribution in [1.82, 2.24) is 9.88 Å². The molecule has 0 spiro atoms. The van der Waals surface area contributed by atoms with Crippen molar-refractivity contribution in [3.63, 3.8) is 0 Å². The third-order valence-electron chi connectivity index (χ3n) is 2.72. The summed E-state index contributed by atoms with van der Waals surface area (Å²) in [4.78, 5) is 6.14. The smallest absolute Gasteiger partial charge is 0.327 e. The second-order valence-electron chi connectivity index (χ2n) is 4.27. The van der Waals surface area contributed by atoms with E-state index in [9.17, 15) is 13.2 Å². The minimum Gasteiger partial charge on any atom is -0.327 e. The summed E-state index contributed by atoms with van der Waals surface area (Å²) in [5.41, 5.74) is 5.82. The topological polar surface area (TPSA) is 42.1 Å². The highest BCUT2D eigenvalue weighted by atomic mass is 32.1. The summed E-state index contributed by atoms with van der Waals surface area (Å²) in [6.07, 6.45) is -1.02. The molecule has 96 valence electrons. The van der Waals surface area contributed by atoms with Crippen LogP contribution in [0.25, 0.3) is 0 Å². The minimum atomic E-state index is -4.33. The van der Waals surface area contributed by atoms with Gasteiger partial charge in [-0.15, -0.1) is 11.3 Å². The predicted molar refractivity (Wildman–Crippen MR) is 59.6 cm³/mol. The Morgan fingerprint density at radius 3 is 2.88 bits per heavy atom. The SMILES string of the molecule is N[C@@H]1CCCN(Cc2cnc(C(F)(F)F)s2)C1. The summed E-state index contributed by atoms with van der Waals surface area (Å²) in [6.45, 7) is 2.16. The first-order chi connectivity index (χ1) is 7.95. The van der Waals surface area contributed by atoms with E-state index in [2.05, 4.69) is 9.88 Å². The number of rotatable bonds is 2. The molecule has 3 nitrogen and oxygen atoms in total. The van der Waals surface area contributed by atoms with Gasteiger partial charge in [0.2, 0.25) is 0 Å². The Morgan fingerprint density at radius 2 is 2.29 bits per heavy atom. The lowest BCUT2D eigenvalue weighted by molar-refractivity contribution is -0.137. The van der Waals surface area contributed by atoms with Crippen molar-refractivity contribution in [3.05, 3.63) is 16.1 Å². The molecular formula is C10H14F3N3S. The van der Waals surface area contributed by atoms with Crippen LogP contribution in [0.1, 0.15) is 22.7 Å². The van der Waals surface area contributed by atoms with Gasteiger partial charge >= 0.3 is 6.18 Å². The molecule has 1 saturated heterocycles. The molecule has 1 fully saturated rings. The van der Waals surface area contributed by atoms with Crippen molar-refractivity contribution < 1.29 is 13.2 Å². The van der Waals surface area contributed by atoms with Gasteiger partial charge in [0.15, 0.2) is 5.01 Å². The molecule has 0 radical (unpaired) electrons. The normalized spacial score (nSPS) is 22.9. The summed E-state index contributed by atoms with van der Waals surface area (Å²) >= 11 is 0.716. The second-order valence-corrected chi connectivity index (χ2v) is 5.38. The fourth-order valence-electron chi connectivity index (χ4n) is 1.97. The van der Waals surface area contributed by atoms with Crippen LogP contribution in [0.2, 0.25) is 0 Å². The first-order valence-electron chi connectivity index (χ1n) is 5.45. The Kier molecular flexibility index (Phi) is 3.70.